The van der Waals surface area contributed by atoms with E-state index in [4.69, 9.17) is 0 Å². The van der Waals surface area contributed by atoms with Gasteiger partial charge in [0.05, 0.1) is 5.41 Å². The number of benzene rings is 2. The molecule has 3 heteroatoms. The van der Waals surface area contributed by atoms with Gasteiger partial charge in [0.2, 0.25) is 5.91 Å². The largest absolute Gasteiger partial charge is 0.372 e. The maximum absolute atomic E-state index is 13.3. The van der Waals surface area contributed by atoms with Crippen LogP contribution in [0.4, 0.5) is 5.69 Å². The summed E-state index contributed by atoms with van der Waals surface area (Å²) in [7, 11) is 1.95. The molecule has 142 valence electrons. The van der Waals surface area contributed by atoms with Crippen LogP contribution in [-0.2, 0) is 16.8 Å². The van der Waals surface area contributed by atoms with Gasteiger partial charge in [-0.3, -0.25) is 4.79 Å². The number of carbonyl (C=O) groups excluding carboxylic acids is 1. The van der Waals surface area contributed by atoms with E-state index in [-0.39, 0.29) is 11.3 Å². The molecule has 1 heterocycles. The van der Waals surface area contributed by atoms with Crippen molar-refractivity contribution in [3.8, 4) is 0 Å². The normalized spacial score (nSPS) is 18.6. The van der Waals surface area contributed by atoms with Gasteiger partial charge in [0.15, 0.2) is 0 Å². The van der Waals surface area contributed by atoms with Gasteiger partial charge >= 0.3 is 0 Å². The van der Waals surface area contributed by atoms with E-state index in [1.807, 2.05) is 30.1 Å². The maximum atomic E-state index is 13.3. The summed E-state index contributed by atoms with van der Waals surface area (Å²) in [6.45, 7) is 3.00. The van der Waals surface area contributed by atoms with Gasteiger partial charge in [-0.15, -0.1) is 0 Å². The van der Waals surface area contributed by atoms with Crippen LogP contribution < -0.4 is 4.90 Å². The molecule has 0 atom stereocenters. The highest BCUT2D eigenvalue weighted by atomic mass is 16.2. The Morgan fingerprint density at radius 2 is 1.59 bits per heavy atom. The molecule has 4 rings (SSSR count). The summed E-state index contributed by atoms with van der Waals surface area (Å²) >= 11 is 0. The van der Waals surface area contributed by atoms with Gasteiger partial charge in [-0.25, -0.2) is 0 Å². The molecule has 0 spiro atoms. The van der Waals surface area contributed by atoms with Gasteiger partial charge in [-0.2, -0.15) is 0 Å². The molecular weight excluding hydrogens is 332 g/mol. The third-order valence-electron chi connectivity index (χ3n) is 6.37. The zero-order chi connectivity index (χ0) is 18.7. The summed E-state index contributed by atoms with van der Waals surface area (Å²) in [6, 6.07) is 19.1. The summed E-state index contributed by atoms with van der Waals surface area (Å²) < 4.78 is 0. The highest BCUT2D eigenvalue weighted by Gasteiger charge is 2.46. The summed E-state index contributed by atoms with van der Waals surface area (Å²) in [6.07, 6.45) is 7.01. The molecule has 0 radical (unpaired) electrons. The molecule has 1 saturated heterocycles. The van der Waals surface area contributed by atoms with E-state index >= 15 is 0 Å². The van der Waals surface area contributed by atoms with E-state index in [1.54, 1.807) is 0 Å². The number of rotatable bonds is 5. The minimum Gasteiger partial charge on any atom is -0.372 e. The third kappa shape index (κ3) is 3.60. The number of carbonyl (C=O) groups is 1. The predicted octanol–water partition coefficient (Wildman–Crippen LogP) is 4.76. The molecule has 1 amide bonds. The molecule has 0 unspecified atom stereocenters. The van der Waals surface area contributed by atoms with E-state index in [1.165, 1.54) is 36.1 Å². The average molecular weight is 363 g/mol. The number of hydrogen-bond acceptors (Lipinski definition) is 2. The highest BCUT2D eigenvalue weighted by Crippen LogP contribution is 2.45. The fraction of sp³-hybridized carbons (Fsp3) is 0.458. The fourth-order valence-corrected chi connectivity index (χ4v) is 4.59. The van der Waals surface area contributed by atoms with E-state index in [9.17, 15) is 4.79 Å². The number of anilines is 1. The van der Waals surface area contributed by atoms with Crippen molar-refractivity contribution in [1.82, 2.24) is 4.90 Å². The van der Waals surface area contributed by atoms with Gasteiger partial charge < -0.3 is 9.80 Å². The molecule has 1 aliphatic carbocycles. The van der Waals surface area contributed by atoms with Crippen molar-refractivity contribution in [2.75, 3.05) is 25.0 Å². The molecule has 1 saturated carbocycles. The zero-order valence-electron chi connectivity index (χ0n) is 16.4. The molecule has 2 aliphatic rings. The van der Waals surface area contributed by atoms with E-state index in [0.717, 1.165) is 32.4 Å². The highest BCUT2D eigenvalue weighted by molar-refractivity contribution is 5.89. The second-order valence-electron chi connectivity index (χ2n) is 8.18. The lowest BCUT2D eigenvalue weighted by Crippen LogP contribution is -2.49. The quantitative estimate of drug-likeness (QED) is 0.766. The van der Waals surface area contributed by atoms with Crippen molar-refractivity contribution in [1.29, 1.82) is 0 Å². The number of hydrogen-bond donors (Lipinski definition) is 0. The lowest BCUT2D eigenvalue weighted by Gasteiger charge is -2.43. The van der Waals surface area contributed by atoms with Crippen LogP contribution in [0, 0.1) is 0 Å². The Kier molecular flexibility index (Phi) is 5.20. The van der Waals surface area contributed by atoms with Crippen molar-refractivity contribution < 1.29 is 4.79 Å². The molecule has 2 fully saturated rings. The average Bonchev–Trinajstić information content (AvgIpc) is 2.69. The summed E-state index contributed by atoms with van der Waals surface area (Å²) in [5.41, 5.74) is 3.39. The summed E-state index contributed by atoms with van der Waals surface area (Å²) in [5.74, 6) is 0.264. The number of likely N-dealkylation sites (N-methyl/N-ethyl adjacent to an activating group) is 1. The fourth-order valence-electron chi connectivity index (χ4n) is 4.59. The first-order chi connectivity index (χ1) is 13.2. The van der Waals surface area contributed by atoms with Crippen molar-refractivity contribution in [3.63, 3.8) is 0 Å². The van der Waals surface area contributed by atoms with Crippen LogP contribution in [0.5, 0.6) is 0 Å². The van der Waals surface area contributed by atoms with Crippen molar-refractivity contribution >= 4 is 11.6 Å². The summed E-state index contributed by atoms with van der Waals surface area (Å²) in [4.78, 5) is 17.7. The summed E-state index contributed by atoms with van der Waals surface area (Å²) in [5, 5.41) is 0. The molecule has 2 aromatic carbocycles. The lowest BCUT2D eigenvalue weighted by molar-refractivity contribution is -0.140. The molecular formula is C24H30N2O. The lowest BCUT2D eigenvalue weighted by atomic mass is 9.63. The van der Waals surface area contributed by atoms with E-state index < -0.39 is 0 Å². The van der Waals surface area contributed by atoms with Crippen molar-refractivity contribution in [2.45, 2.75) is 50.5 Å². The predicted molar refractivity (Wildman–Crippen MR) is 111 cm³/mol. The van der Waals surface area contributed by atoms with Gasteiger partial charge in [-0.05, 0) is 55.4 Å². The van der Waals surface area contributed by atoms with Crippen LogP contribution in [0.25, 0.3) is 0 Å². The number of nitrogens with zero attached hydrogens (tertiary/aromatic N) is 2. The Morgan fingerprint density at radius 1 is 0.926 bits per heavy atom. The Bertz CT molecular complexity index is 759. The standard InChI is InChI=1S/C24H30N2O/c1-25(23(27)24(15-8-16-24)21-9-4-2-5-10-21)19-20-11-13-22(14-12-20)26-17-6-3-7-18-26/h2,4-5,9-14H,3,6-8,15-19H2,1H3. The first-order valence-electron chi connectivity index (χ1n) is 10.3. The zero-order valence-corrected chi connectivity index (χ0v) is 16.4. The molecule has 1 aliphatic heterocycles. The third-order valence-corrected chi connectivity index (χ3v) is 6.37. The Hall–Kier alpha value is -2.29. The first kappa shape index (κ1) is 18.1. The van der Waals surface area contributed by atoms with Crippen LogP contribution >= 0.6 is 0 Å². The molecule has 2 aromatic rings. The Balaban J connectivity index is 1.44. The van der Waals surface area contributed by atoms with Crippen LogP contribution in [0.2, 0.25) is 0 Å². The minimum absolute atomic E-state index is 0.264. The minimum atomic E-state index is -0.302. The molecule has 0 aromatic heterocycles. The van der Waals surface area contributed by atoms with Crippen LogP contribution in [0.15, 0.2) is 54.6 Å². The van der Waals surface area contributed by atoms with E-state index in [0.29, 0.717) is 6.54 Å². The second-order valence-corrected chi connectivity index (χ2v) is 8.18. The second kappa shape index (κ2) is 7.75. The monoisotopic (exact) mass is 362 g/mol. The molecule has 0 N–H and O–H groups in total. The Labute approximate surface area is 163 Å². The van der Waals surface area contributed by atoms with Gasteiger partial charge in [0, 0.05) is 32.4 Å². The molecule has 27 heavy (non-hydrogen) atoms. The van der Waals surface area contributed by atoms with Crippen molar-refractivity contribution in [3.05, 3.63) is 65.7 Å². The molecule has 0 bridgehead atoms. The van der Waals surface area contributed by atoms with Crippen LogP contribution in [-0.4, -0.2) is 30.9 Å². The molecule has 3 nitrogen and oxygen atoms in total. The van der Waals surface area contributed by atoms with E-state index in [2.05, 4.69) is 41.3 Å². The Morgan fingerprint density at radius 3 is 2.19 bits per heavy atom. The number of piperidine rings is 1. The van der Waals surface area contributed by atoms with Gasteiger partial charge in [0.25, 0.3) is 0 Å². The van der Waals surface area contributed by atoms with Crippen LogP contribution in [0.3, 0.4) is 0 Å². The van der Waals surface area contributed by atoms with Crippen LogP contribution in [0.1, 0.15) is 49.7 Å². The first-order valence-corrected chi connectivity index (χ1v) is 10.3. The van der Waals surface area contributed by atoms with Gasteiger partial charge in [0.1, 0.15) is 0 Å². The maximum Gasteiger partial charge on any atom is 0.233 e. The topological polar surface area (TPSA) is 23.6 Å². The number of amides is 1. The SMILES string of the molecule is CN(Cc1ccc(N2CCCCC2)cc1)C(=O)C1(c2ccccc2)CCC1. The van der Waals surface area contributed by atoms with Crippen molar-refractivity contribution in [2.24, 2.45) is 0 Å². The smallest absolute Gasteiger partial charge is 0.233 e. The van der Waals surface area contributed by atoms with Gasteiger partial charge in [-0.1, -0.05) is 48.9 Å².